The van der Waals surface area contributed by atoms with Crippen LogP contribution in [0.15, 0.2) is 35.4 Å². The first-order chi connectivity index (χ1) is 16.5. The Bertz CT molecular complexity index is 934. The van der Waals surface area contributed by atoms with E-state index in [4.69, 9.17) is 19.6 Å². The number of hydrogen-bond acceptors (Lipinski definition) is 6. The average Bonchev–Trinajstić information content (AvgIpc) is 3.01. The van der Waals surface area contributed by atoms with Crippen molar-refractivity contribution in [3.8, 4) is 0 Å². The molecular weight excluding hydrogens is 447 g/mol. The Morgan fingerprint density at radius 3 is 2.43 bits per heavy atom. The third-order valence-electron chi connectivity index (χ3n) is 7.55. The molecule has 190 valence electrons. The second-order valence-corrected chi connectivity index (χ2v) is 10.5. The summed E-state index contributed by atoms with van der Waals surface area (Å²) in [6.07, 6.45) is 3.28. The number of nitrogens with zero attached hydrogens (tertiary/aromatic N) is 4. The van der Waals surface area contributed by atoms with Gasteiger partial charge in [0.1, 0.15) is 12.1 Å². The number of piperidine rings is 1. The largest absolute Gasteiger partial charge is 0.459 e. The summed E-state index contributed by atoms with van der Waals surface area (Å²) in [6.45, 7) is 10.0. The zero-order valence-electron chi connectivity index (χ0n) is 21.5. The van der Waals surface area contributed by atoms with Gasteiger partial charge in [0, 0.05) is 24.4 Å². The maximum atomic E-state index is 13.6. The Morgan fingerprint density at radius 1 is 1.17 bits per heavy atom. The zero-order valence-corrected chi connectivity index (χ0v) is 21.5. The van der Waals surface area contributed by atoms with Crippen LogP contribution in [-0.2, 0) is 30.2 Å². The third kappa shape index (κ3) is 6.18. The van der Waals surface area contributed by atoms with Crippen LogP contribution in [0.5, 0.6) is 0 Å². The normalized spacial score (nSPS) is 25.1. The molecule has 0 N–H and O–H groups in total. The summed E-state index contributed by atoms with van der Waals surface area (Å²) >= 11 is 0. The first kappa shape index (κ1) is 27.0. The highest BCUT2D eigenvalue weighted by Gasteiger charge is 2.52. The van der Waals surface area contributed by atoms with E-state index in [-0.39, 0.29) is 32.1 Å². The van der Waals surface area contributed by atoms with Crippen molar-refractivity contribution in [2.24, 2.45) is 5.11 Å². The number of unbranched alkanes of at least 4 members (excludes halogenated alkanes) is 1. The molecule has 2 heterocycles. The molecule has 9 nitrogen and oxygen atoms in total. The monoisotopic (exact) mass is 484 g/mol. The molecule has 0 unspecified atom stereocenters. The van der Waals surface area contributed by atoms with Crippen molar-refractivity contribution in [3.63, 3.8) is 0 Å². The maximum absolute atomic E-state index is 13.6. The fourth-order valence-electron chi connectivity index (χ4n) is 4.93. The molecule has 1 amide bonds. The van der Waals surface area contributed by atoms with Gasteiger partial charge in [-0.05, 0) is 64.4 Å². The van der Waals surface area contributed by atoms with Gasteiger partial charge in [-0.1, -0.05) is 48.3 Å². The van der Waals surface area contributed by atoms with E-state index in [1.54, 1.807) is 4.90 Å². The highest BCUT2D eigenvalue weighted by atomic mass is 16.7. The van der Waals surface area contributed by atoms with E-state index in [1.165, 1.54) is 6.92 Å². The molecule has 0 spiro atoms. The van der Waals surface area contributed by atoms with Gasteiger partial charge in [0.2, 0.25) is 5.91 Å². The number of amides is 1. The number of carbonyl (C=O) groups is 2. The van der Waals surface area contributed by atoms with E-state index in [9.17, 15) is 9.59 Å². The van der Waals surface area contributed by atoms with Crippen LogP contribution in [0.1, 0.15) is 72.3 Å². The van der Waals surface area contributed by atoms with Crippen molar-refractivity contribution in [1.29, 1.82) is 0 Å². The summed E-state index contributed by atoms with van der Waals surface area (Å²) in [6, 6.07) is 9.07. The number of ether oxygens (including phenoxy) is 1. The minimum atomic E-state index is -1.17. The molecule has 2 atom stereocenters. The first-order valence-electron chi connectivity index (χ1n) is 12.4. The lowest BCUT2D eigenvalue weighted by Gasteiger charge is -2.46. The van der Waals surface area contributed by atoms with Gasteiger partial charge in [-0.2, -0.15) is 0 Å². The Kier molecular flexibility index (Phi) is 8.52. The van der Waals surface area contributed by atoms with Gasteiger partial charge in [0.25, 0.3) is 0 Å². The van der Waals surface area contributed by atoms with E-state index < -0.39 is 22.7 Å². The van der Waals surface area contributed by atoms with Crippen molar-refractivity contribution >= 4 is 19.0 Å². The van der Waals surface area contributed by atoms with Crippen molar-refractivity contribution in [1.82, 2.24) is 4.90 Å². The summed E-state index contributed by atoms with van der Waals surface area (Å²) in [4.78, 5) is 30.8. The molecule has 0 aromatic heterocycles. The summed E-state index contributed by atoms with van der Waals surface area (Å²) in [5.74, 6) is -0.642. The number of esters is 1. The molecule has 0 saturated carbocycles. The lowest BCUT2D eigenvalue weighted by Crippen LogP contribution is -2.61. The lowest BCUT2D eigenvalue weighted by molar-refractivity contribution is -0.169. The van der Waals surface area contributed by atoms with Crippen molar-refractivity contribution < 1.29 is 23.6 Å². The predicted molar refractivity (Wildman–Crippen MR) is 133 cm³/mol. The molecule has 0 bridgehead atoms. The standard InChI is InChI=1S/C25H37BN4O5/c1-19(31)30-16-13-21(28-29-27)17-25(30,22(32)33-18-20-11-7-6-8-12-20)14-9-10-15-26-34-23(2,3)24(4,5)35-26/h6-8,11-12,21H,9-10,13-18H2,1-5H3/t21-,25+/m1/s1. The van der Waals surface area contributed by atoms with Gasteiger partial charge in [-0.25, -0.2) is 4.79 Å². The molecule has 1 aromatic rings. The van der Waals surface area contributed by atoms with E-state index in [0.717, 1.165) is 12.0 Å². The molecule has 35 heavy (non-hydrogen) atoms. The second kappa shape index (κ2) is 11.0. The number of carbonyl (C=O) groups excluding carboxylic acids is 2. The SMILES string of the molecule is CC(=O)N1CC[C@@H](N=[N+]=[N-])C[C@@]1(CCCCB1OC(C)(C)C(C)(C)O1)C(=O)OCc1ccccc1. The van der Waals surface area contributed by atoms with Crippen LogP contribution < -0.4 is 0 Å². The number of benzene rings is 1. The van der Waals surface area contributed by atoms with Crippen molar-refractivity contribution in [2.45, 2.75) is 102 Å². The second-order valence-electron chi connectivity index (χ2n) is 10.5. The van der Waals surface area contributed by atoms with E-state index >= 15 is 0 Å². The van der Waals surface area contributed by atoms with Gasteiger partial charge >= 0.3 is 13.1 Å². The van der Waals surface area contributed by atoms with Gasteiger partial charge in [-0.3, -0.25) is 4.79 Å². The van der Waals surface area contributed by atoms with Crippen LogP contribution in [0, 0.1) is 0 Å². The zero-order chi connectivity index (χ0) is 25.7. The fraction of sp³-hybridized carbons (Fsp3) is 0.680. The lowest BCUT2D eigenvalue weighted by atomic mass is 9.77. The molecule has 10 heteroatoms. The van der Waals surface area contributed by atoms with Gasteiger partial charge in [0.15, 0.2) is 0 Å². The average molecular weight is 484 g/mol. The molecule has 3 rings (SSSR count). The van der Waals surface area contributed by atoms with Crippen LogP contribution in [0.25, 0.3) is 10.4 Å². The number of likely N-dealkylation sites (tertiary alicyclic amines) is 1. The van der Waals surface area contributed by atoms with E-state index in [1.807, 2.05) is 58.0 Å². The van der Waals surface area contributed by atoms with Crippen molar-refractivity contribution in [3.05, 3.63) is 46.3 Å². The van der Waals surface area contributed by atoms with Crippen LogP contribution in [0.2, 0.25) is 6.32 Å². The topological polar surface area (TPSA) is 114 Å². The Morgan fingerprint density at radius 2 is 1.83 bits per heavy atom. The molecule has 0 radical (unpaired) electrons. The number of hydrogen-bond donors (Lipinski definition) is 0. The molecule has 1 aromatic carbocycles. The highest BCUT2D eigenvalue weighted by molar-refractivity contribution is 6.45. The van der Waals surface area contributed by atoms with E-state index in [2.05, 4.69) is 10.0 Å². The van der Waals surface area contributed by atoms with Gasteiger partial charge < -0.3 is 18.9 Å². The summed E-state index contributed by atoms with van der Waals surface area (Å²) in [5.41, 5.74) is 7.92. The molecule has 2 saturated heterocycles. The maximum Gasteiger partial charge on any atom is 0.457 e. The Hall–Kier alpha value is -2.55. The molecule has 2 aliphatic rings. The highest BCUT2D eigenvalue weighted by Crippen LogP contribution is 2.39. The van der Waals surface area contributed by atoms with Crippen molar-refractivity contribution in [2.75, 3.05) is 6.54 Å². The fourth-order valence-corrected chi connectivity index (χ4v) is 4.93. The predicted octanol–water partition coefficient (Wildman–Crippen LogP) is 5.05. The van der Waals surface area contributed by atoms with Gasteiger partial charge in [-0.15, -0.1) is 0 Å². The van der Waals surface area contributed by atoms with Crippen LogP contribution in [-0.4, -0.2) is 53.2 Å². The first-order valence-corrected chi connectivity index (χ1v) is 12.4. The summed E-state index contributed by atoms with van der Waals surface area (Å²) in [7, 11) is -0.313. The van der Waals surface area contributed by atoms with Crippen LogP contribution in [0.4, 0.5) is 0 Å². The molecule has 0 aliphatic carbocycles. The number of rotatable bonds is 9. The van der Waals surface area contributed by atoms with Crippen LogP contribution >= 0.6 is 0 Å². The molecule has 2 fully saturated rings. The number of azide groups is 1. The third-order valence-corrected chi connectivity index (χ3v) is 7.55. The minimum Gasteiger partial charge on any atom is -0.459 e. The molecule has 2 aliphatic heterocycles. The Balaban J connectivity index is 1.73. The molecular formula is C25H37BN4O5. The summed E-state index contributed by atoms with van der Waals surface area (Å²) < 4.78 is 17.9. The smallest absolute Gasteiger partial charge is 0.457 e. The summed E-state index contributed by atoms with van der Waals surface area (Å²) in [5, 5.41) is 3.89. The van der Waals surface area contributed by atoms with Crippen LogP contribution in [0.3, 0.4) is 0 Å². The minimum absolute atomic E-state index is 0.118. The quantitative estimate of drug-likeness (QED) is 0.122. The Labute approximate surface area is 208 Å². The van der Waals surface area contributed by atoms with E-state index in [0.29, 0.717) is 32.1 Å². The van der Waals surface area contributed by atoms with Gasteiger partial charge in [0.05, 0.1) is 11.2 Å².